The summed E-state index contributed by atoms with van der Waals surface area (Å²) >= 11 is 0. The lowest BCUT2D eigenvalue weighted by Crippen LogP contribution is -2.35. The number of benzene rings is 2. The molecule has 0 aliphatic carbocycles. The third-order valence-corrected chi connectivity index (χ3v) is 6.09. The number of hydrogen-bond donors (Lipinski definition) is 0. The first-order chi connectivity index (χ1) is 15.2. The fourth-order valence-corrected chi connectivity index (χ4v) is 4.31. The normalized spacial score (nSPS) is 19.2. The van der Waals surface area contributed by atoms with Crippen molar-refractivity contribution in [2.45, 2.75) is 39.2 Å². The first-order valence-corrected chi connectivity index (χ1v) is 11.3. The van der Waals surface area contributed by atoms with Crippen LogP contribution >= 0.6 is 0 Å². The van der Waals surface area contributed by atoms with Crippen LogP contribution in [0.2, 0.25) is 0 Å². The van der Waals surface area contributed by atoms with Crippen LogP contribution in [0.1, 0.15) is 42.9 Å². The zero-order valence-corrected chi connectivity index (χ0v) is 18.3. The molecule has 0 spiro atoms. The molecule has 162 valence electrons. The number of rotatable bonds is 9. The van der Waals surface area contributed by atoms with Crippen molar-refractivity contribution >= 4 is 17.2 Å². The van der Waals surface area contributed by atoms with Crippen molar-refractivity contribution < 1.29 is 9.53 Å². The molecule has 1 saturated heterocycles. The highest BCUT2D eigenvalue weighted by Crippen LogP contribution is 2.24. The highest BCUT2D eigenvalue weighted by molar-refractivity contribution is 6.17. The van der Waals surface area contributed by atoms with Crippen LogP contribution in [0.4, 0.5) is 0 Å². The molecule has 5 heteroatoms. The van der Waals surface area contributed by atoms with Gasteiger partial charge in [0.2, 0.25) is 0 Å². The maximum Gasteiger partial charge on any atom is 0.137 e. The molecule has 0 amide bonds. The van der Waals surface area contributed by atoms with Gasteiger partial charge in [0.25, 0.3) is 0 Å². The Morgan fingerprint density at radius 3 is 2.45 bits per heavy atom. The molecule has 4 rings (SSSR count). The second-order valence-corrected chi connectivity index (χ2v) is 8.32. The fraction of sp³-hybridized carbons (Fsp3) is 0.423. The van der Waals surface area contributed by atoms with E-state index in [4.69, 9.17) is 4.74 Å². The third kappa shape index (κ3) is 5.75. The van der Waals surface area contributed by atoms with E-state index in [1.807, 2.05) is 30.3 Å². The number of Topliss-reactive ketones (excluding diaryl/α,β-unsaturated/α-hetero) is 1. The number of carbonyl (C=O) groups excluding carboxylic acids is 1. The third-order valence-electron chi connectivity index (χ3n) is 6.09. The molecule has 2 aromatic carbocycles. The molecule has 0 saturated carbocycles. The zero-order chi connectivity index (χ0) is 21.5. The molecule has 2 aliphatic rings. The van der Waals surface area contributed by atoms with Gasteiger partial charge in [0.05, 0.1) is 24.6 Å². The molecule has 0 bridgehead atoms. The second kappa shape index (κ2) is 10.6. The Balaban J connectivity index is 1.31. The smallest absolute Gasteiger partial charge is 0.137 e. The van der Waals surface area contributed by atoms with Crippen molar-refractivity contribution in [3.63, 3.8) is 0 Å². The molecule has 0 aromatic heterocycles. The van der Waals surface area contributed by atoms with E-state index in [2.05, 4.69) is 46.3 Å². The average Bonchev–Trinajstić information content (AvgIpc) is 3.22. The lowest BCUT2D eigenvalue weighted by atomic mass is 9.88. The molecule has 1 atom stereocenters. The van der Waals surface area contributed by atoms with Gasteiger partial charge in [-0.15, -0.1) is 0 Å². The van der Waals surface area contributed by atoms with Gasteiger partial charge in [-0.1, -0.05) is 61.5 Å². The van der Waals surface area contributed by atoms with Gasteiger partial charge in [0, 0.05) is 38.4 Å². The standard InChI is InChI=1S/C26H31N3O2/c1-2-24-25(13-12-23(30)18-20-6-4-3-5-7-20)27-28-26(24)22-10-8-21(9-11-22)19-29-14-16-31-17-15-29/h3-11,24H,2,12-19H2,1H3. The van der Waals surface area contributed by atoms with Crippen molar-refractivity contribution in [2.75, 3.05) is 26.3 Å². The molecular formula is C26H31N3O2. The van der Waals surface area contributed by atoms with Gasteiger partial charge in [-0.05, 0) is 29.5 Å². The summed E-state index contributed by atoms with van der Waals surface area (Å²) in [5.74, 6) is 0.458. The van der Waals surface area contributed by atoms with Gasteiger partial charge in [-0.2, -0.15) is 10.2 Å². The number of hydrogen-bond acceptors (Lipinski definition) is 5. The minimum Gasteiger partial charge on any atom is -0.379 e. The minimum absolute atomic E-state index is 0.203. The Hall–Kier alpha value is -2.63. The predicted molar refractivity (Wildman–Crippen MR) is 125 cm³/mol. The summed E-state index contributed by atoms with van der Waals surface area (Å²) in [5.41, 5.74) is 5.58. The van der Waals surface area contributed by atoms with E-state index < -0.39 is 0 Å². The molecule has 2 heterocycles. The molecule has 0 N–H and O–H groups in total. The highest BCUT2D eigenvalue weighted by atomic mass is 16.5. The Bertz CT molecular complexity index is 929. The van der Waals surface area contributed by atoms with Crippen LogP contribution in [0.5, 0.6) is 0 Å². The van der Waals surface area contributed by atoms with Gasteiger partial charge >= 0.3 is 0 Å². The van der Waals surface area contributed by atoms with Crippen molar-refractivity contribution in [2.24, 2.45) is 16.1 Å². The summed E-state index contributed by atoms with van der Waals surface area (Å²) in [6, 6.07) is 18.6. The van der Waals surface area contributed by atoms with Crippen LogP contribution in [-0.4, -0.2) is 48.4 Å². The van der Waals surface area contributed by atoms with Crippen molar-refractivity contribution in [3.05, 3.63) is 71.3 Å². The largest absolute Gasteiger partial charge is 0.379 e. The molecule has 1 fully saturated rings. The van der Waals surface area contributed by atoms with Crippen LogP contribution in [-0.2, 0) is 22.5 Å². The lowest BCUT2D eigenvalue weighted by Gasteiger charge is -2.26. The van der Waals surface area contributed by atoms with Crippen molar-refractivity contribution in [1.29, 1.82) is 0 Å². The van der Waals surface area contributed by atoms with E-state index in [0.29, 0.717) is 19.3 Å². The molecule has 2 aliphatic heterocycles. The maximum atomic E-state index is 12.4. The number of carbonyl (C=O) groups is 1. The first kappa shape index (κ1) is 21.6. The molecular weight excluding hydrogens is 386 g/mol. The number of ketones is 1. The van der Waals surface area contributed by atoms with E-state index in [1.54, 1.807) is 0 Å². The minimum atomic E-state index is 0.203. The van der Waals surface area contributed by atoms with Crippen LogP contribution in [0.15, 0.2) is 64.8 Å². The topological polar surface area (TPSA) is 54.3 Å². The van der Waals surface area contributed by atoms with E-state index in [0.717, 1.165) is 61.8 Å². The van der Waals surface area contributed by atoms with E-state index in [1.165, 1.54) is 5.56 Å². The summed E-state index contributed by atoms with van der Waals surface area (Å²) in [6.07, 6.45) is 2.64. The first-order valence-electron chi connectivity index (χ1n) is 11.3. The lowest BCUT2D eigenvalue weighted by molar-refractivity contribution is -0.118. The fourth-order valence-electron chi connectivity index (χ4n) is 4.31. The van der Waals surface area contributed by atoms with Crippen LogP contribution in [0, 0.1) is 5.92 Å². The number of morpholine rings is 1. The van der Waals surface area contributed by atoms with Gasteiger partial charge in [-0.25, -0.2) is 0 Å². The summed E-state index contributed by atoms with van der Waals surface area (Å²) < 4.78 is 5.43. The summed E-state index contributed by atoms with van der Waals surface area (Å²) in [6.45, 7) is 6.75. The summed E-state index contributed by atoms with van der Waals surface area (Å²) in [4.78, 5) is 14.8. The van der Waals surface area contributed by atoms with Crippen LogP contribution in [0.25, 0.3) is 0 Å². The molecule has 1 unspecified atom stereocenters. The monoisotopic (exact) mass is 417 g/mol. The van der Waals surface area contributed by atoms with Gasteiger partial charge in [-0.3, -0.25) is 9.69 Å². The van der Waals surface area contributed by atoms with Crippen LogP contribution in [0.3, 0.4) is 0 Å². The quantitative estimate of drug-likeness (QED) is 0.611. The number of nitrogens with zero attached hydrogens (tertiary/aromatic N) is 3. The second-order valence-electron chi connectivity index (χ2n) is 8.32. The molecule has 31 heavy (non-hydrogen) atoms. The Morgan fingerprint density at radius 1 is 1.00 bits per heavy atom. The Labute approximate surface area is 184 Å². The zero-order valence-electron chi connectivity index (χ0n) is 18.3. The van der Waals surface area contributed by atoms with E-state index in [-0.39, 0.29) is 11.7 Å². The Morgan fingerprint density at radius 2 is 1.74 bits per heavy atom. The van der Waals surface area contributed by atoms with Gasteiger partial charge < -0.3 is 4.74 Å². The number of ether oxygens (including phenoxy) is 1. The van der Waals surface area contributed by atoms with E-state index in [9.17, 15) is 4.79 Å². The van der Waals surface area contributed by atoms with Crippen molar-refractivity contribution in [1.82, 2.24) is 4.90 Å². The molecule has 5 nitrogen and oxygen atoms in total. The summed E-state index contributed by atoms with van der Waals surface area (Å²) in [7, 11) is 0. The predicted octanol–water partition coefficient (Wildman–Crippen LogP) is 4.30. The van der Waals surface area contributed by atoms with Crippen LogP contribution < -0.4 is 0 Å². The van der Waals surface area contributed by atoms with Crippen molar-refractivity contribution in [3.8, 4) is 0 Å². The highest BCUT2D eigenvalue weighted by Gasteiger charge is 2.27. The van der Waals surface area contributed by atoms with Gasteiger partial charge in [0.15, 0.2) is 0 Å². The maximum absolute atomic E-state index is 12.4. The SMILES string of the molecule is CCC1C(CCC(=O)Cc2ccccc2)=NN=C1c1ccc(CN2CCOCC2)cc1. The van der Waals surface area contributed by atoms with Gasteiger partial charge in [0.1, 0.15) is 5.78 Å². The molecule has 0 radical (unpaired) electrons. The van der Waals surface area contributed by atoms with E-state index >= 15 is 0 Å². The summed E-state index contributed by atoms with van der Waals surface area (Å²) in [5, 5.41) is 8.98. The Kier molecular flexibility index (Phi) is 7.39. The molecule has 2 aromatic rings. The average molecular weight is 418 g/mol.